The number of rotatable bonds is 3. The SMILES string of the molecule is O=C(O)c1ccc(Cn2ncc3cc(C(F)(F)F)cc(Br)c32)o1. The van der Waals surface area contributed by atoms with Crippen molar-refractivity contribution in [3.63, 3.8) is 0 Å². The van der Waals surface area contributed by atoms with Crippen LogP contribution in [0.15, 0.2) is 39.4 Å². The van der Waals surface area contributed by atoms with Crippen LogP contribution < -0.4 is 0 Å². The third-order valence-electron chi connectivity index (χ3n) is 3.19. The Labute approximate surface area is 135 Å². The van der Waals surface area contributed by atoms with Gasteiger partial charge in [0.2, 0.25) is 5.76 Å². The molecule has 3 aromatic rings. The standard InChI is InChI=1S/C14H8BrF3N2O3/c15-10-4-8(14(16,17)18)3-7-5-19-20(12(7)10)6-9-1-2-11(23-9)13(21)22/h1-5H,6H2,(H,21,22). The van der Waals surface area contributed by atoms with Crippen LogP contribution in [0.2, 0.25) is 0 Å². The number of carbonyl (C=O) groups is 1. The number of nitrogens with zero attached hydrogens (tertiary/aromatic N) is 2. The lowest BCUT2D eigenvalue weighted by molar-refractivity contribution is -0.137. The van der Waals surface area contributed by atoms with Gasteiger partial charge in [-0.3, -0.25) is 4.68 Å². The smallest absolute Gasteiger partial charge is 0.416 e. The number of fused-ring (bicyclic) bond motifs is 1. The number of halogens is 4. The maximum atomic E-state index is 12.8. The first-order valence-corrected chi connectivity index (χ1v) is 7.09. The summed E-state index contributed by atoms with van der Waals surface area (Å²) in [7, 11) is 0. The summed E-state index contributed by atoms with van der Waals surface area (Å²) in [4.78, 5) is 10.8. The molecule has 0 atom stereocenters. The fourth-order valence-electron chi connectivity index (χ4n) is 2.19. The Morgan fingerprint density at radius 1 is 1.35 bits per heavy atom. The highest BCUT2D eigenvalue weighted by Gasteiger charge is 2.31. The van der Waals surface area contributed by atoms with Crippen molar-refractivity contribution >= 4 is 32.8 Å². The first-order chi connectivity index (χ1) is 10.8. The number of benzene rings is 1. The van der Waals surface area contributed by atoms with E-state index in [1.165, 1.54) is 23.0 Å². The normalized spacial score (nSPS) is 12.0. The number of furan rings is 1. The molecule has 0 aliphatic heterocycles. The number of aromatic nitrogens is 2. The maximum absolute atomic E-state index is 12.8. The van der Waals surface area contributed by atoms with E-state index >= 15 is 0 Å². The van der Waals surface area contributed by atoms with Crippen LogP contribution in [0.3, 0.4) is 0 Å². The number of hydrogen-bond donors (Lipinski definition) is 1. The number of alkyl halides is 3. The van der Waals surface area contributed by atoms with Gasteiger partial charge in [-0.15, -0.1) is 0 Å². The average Bonchev–Trinajstić information content (AvgIpc) is 3.06. The Hall–Kier alpha value is -2.29. The molecule has 0 saturated heterocycles. The second-order valence-corrected chi connectivity index (χ2v) is 5.62. The molecule has 0 aliphatic carbocycles. The summed E-state index contributed by atoms with van der Waals surface area (Å²) in [6, 6.07) is 4.77. The van der Waals surface area contributed by atoms with Crippen molar-refractivity contribution in [2.45, 2.75) is 12.7 Å². The van der Waals surface area contributed by atoms with Crippen LogP contribution in [0.5, 0.6) is 0 Å². The molecule has 0 fully saturated rings. The molecule has 0 bridgehead atoms. The molecule has 0 radical (unpaired) electrons. The molecule has 0 aliphatic rings. The second kappa shape index (κ2) is 5.41. The topological polar surface area (TPSA) is 68.3 Å². The van der Waals surface area contributed by atoms with Crippen LogP contribution in [0.4, 0.5) is 13.2 Å². The number of carboxylic acid groups (broad SMARTS) is 1. The van der Waals surface area contributed by atoms with E-state index in [-0.39, 0.29) is 16.8 Å². The van der Waals surface area contributed by atoms with Crippen molar-refractivity contribution in [2.24, 2.45) is 0 Å². The summed E-state index contributed by atoms with van der Waals surface area (Å²) in [6.07, 6.45) is -3.13. The molecule has 2 heterocycles. The van der Waals surface area contributed by atoms with E-state index in [1.807, 2.05) is 0 Å². The largest absolute Gasteiger partial charge is 0.475 e. The Morgan fingerprint density at radius 2 is 2.09 bits per heavy atom. The first-order valence-electron chi connectivity index (χ1n) is 6.30. The summed E-state index contributed by atoms with van der Waals surface area (Å²) < 4.78 is 45.2. The van der Waals surface area contributed by atoms with Crippen molar-refractivity contribution < 1.29 is 27.5 Å². The molecule has 23 heavy (non-hydrogen) atoms. The Bertz CT molecular complexity index is 898. The lowest BCUT2D eigenvalue weighted by atomic mass is 10.1. The third kappa shape index (κ3) is 2.96. The van der Waals surface area contributed by atoms with E-state index in [0.29, 0.717) is 16.7 Å². The first kappa shape index (κ1) is 15.6. The van der Waals surface area contributed by atoms with E-state index in [9.17, 15) is 18.0 Å². The zero-order valence-corrected chi connectivity index (χ0v) is 12.8. The lowest BCUT2D eigenvalue weighted by Crippen LogP contribution is -2.05. The molecular formula is C14H8BrF3N2O3. The number of carboxylic acids is 1. The van der Waals surface area contributed by atoms with Crippen LogP contribution in [0.1, 0.15) is 21.9 Å². The van der Waals surface area contributed by atoms with Gasteiger partial charge in [0.15, 0.2) is 0 Å². The molecule has 120 valence electrons. The van der Waals surface area contributed by atoms with Gasteiger partial charge < -0.3 is 9.52 Å². The minimum atomic E-state index is -4.45. The van der Waals surface area contributed by atoms with Gasteiger partial charge >= 0.3 is 12.1 Å². The molecule has 1 aromatic carbocycles. The Kier molecular flexibility index (Phi) is 3.67. The zero-order chi connectivity index (χ0) is 16.8. The quantitative estimate of drug-likeness (QED) is 0.731. The van der Waals surface area contributed by atoms with E-state index in [4.69, 9.17) is 9.52 Å². The van der Waals surface area contributed by atoms with Gasteiger partial charge in [-0.05, 0) is 40.2 Å². The number of aromatic carboxylic acids is 1. The highest BCUT2D eigenvalue weighted by molar-refractivity contribution is 9.10. The van der Waals surface area contributed by atoms with Gasteiger partial charge in [-0.25, -0.2) is 4.79 Å². The molecule has 0 amide bonds. The van der Waals surface area contributed by atoms with Crippen LogP contribution >= 0.6 is 15.9 Å². The highest BCUT2D eigenvalue weighted by Crippen LogP contribution is 2.35. The summed E-state index contributed by atoms with van der Waals surface area (Å²) in [5.41, 5.74) is -0.311. The van der Waals surface area contributed by atoms with Crippen molar-refractivity contribution in [1.29, 1.82) is 0 Å². The Morgan fingerprint density at radius 3 is 2.70 bits per heavy atom. The van der Waals surface area contributed by atoms with E-state index in [0.717, 1.165) is 12.1 Å². The van der Waals surface area contributed by atoms with Crippen LogP contribution in [-0.4, -0.2) is 20.9 Å². The molecule has 9 heteroatoms. The summed E-state index contributed by atoms with van der Waals surface area (Å²) in [5.74, 6) is -1.08. The van der Waals surface area contributed by atoms with Gasteiger partial charge in [0.1, 0.15) is 5.76 Å². The van der Waals surface area contributed by atoms with Crippen LogP contribution in [0.25, 0.3) is 10.9 Å². The fraction of sp³-hybridized carbons (Fsp3) is 0.143. The van der Waals surface area contributed by atoms with Gasteiger partial charge in [0.05, 0.1) is 23.8 Å². The van der Waals surface area contributed by atoms with Crippen molar-refractivity contribution in [1.82, 2.24) is 9.78 Å². The maximum Gasteiger partial charge on any atom is 0.416 e. The summed E-state index contributed by atoms with van der Waals surface area (Å²) in [6.45, 7) is 0.0980. The third-order valence-corrected chi connectivity index (χ3v) is 3.80. The minimum absolute atomic E-state index is 0.0980. The minimum Gasteiger partial charge on any atom is -0.475 e. The second-order valence-electron chi connectivity index (χ2n) is 4.77. The highest BCUT2D eigenvalue weighted by atomic mass is 79.9. The van der Waals surface area contributed by atoms with E-state index in [1.54, 1.807) is 0 Å². The van der Waals surface area contributed by atoms with Crippen molar-refractivity contribution in [3.8, 4) is 0 Å². The van der Waals surface area contributed by atoms with E-state index < -0.39 is 17.7 Å². The van der Waals surface area contributed by atoms with Crippen molar-refractivity contribution in [3.05, 3.63) is 52.0 Å². The predicted molar refractivity (Wildman–Crippen MR) is 77.2 cm³/mol. The molecule has 0 unspecified atom stereocenters. The number of hydrogen-bond acceptors (Lipinski definition) is 3. The molecule has 1 N–H and O–H groups in total. The molecule has 3 rings (SSSR count). The van der Waals surface area contributed by atoms with Gasteiger partial charge in [-0.1, -0.05) is 0 Å². The van der Waals surface area contributed by atoms with E-state index in [2.05, 4.69) is 21.0 Å². The Balaban J connectivity index is 2.00. The van der Waals surface area contributed by atoms with Crippen LogP contribution in [0, 0.1) is 0 Å². The monoisotopic (exact) mass is 388 g/mol. The summed E-state index contributed by atoms with van der Waals surface area (Å²) >= 11 is 3.13. The predicted octanol–water partition coefficient (Wildman–Crippen LogP) is 4.16. The van der Waals surface area contributed by atoms with Gasteiger partial charge in [0.25, 0.3) is 0 Å². The molecular weight excluding hydrogens is 381 g/mol. The van der Waals surface area contributed by atoms with Crippen LogP contribution in [-0.2, 0) is 12.7 Å². The molecule has 0 spiro atoms. The van der Waals surface area contributed by atoms with Gasteiger partial charge in [0, 0.05) is 9.86 Å². The zero-order valence-electron chi connectivity index (χ0n) is 11.3. The average molecular weight is 389 g/mol. The van der Waals surface area contributed by atoms with Crippen molar-refractivity contribution in [2.75, 3.05) is 0 Å². The molecule has 0 saturated carbocycles. The fourth-order valence-corrected chi connectivity index (χ4v) is 2.87. The lowest BCUT2D eigenvalue weighted by Gasteiger charge is -2.09. The van der Waals surface area contributed by atoms with Gasteiger partial charge in [-0.2, -0.15) is 18.3 Å². The summed E-state index contributed by atoms with van der Waals surface area (Å²) in [5, 5.41) is 13.2. The molecule has 5 nitrogen and oxygen atoms in total. The molecule has 2 aromatic heterocycles.